The molecule has 2 aromatic heterocycles. The number of benzene rings is 1. The minimum Gasteiger partial charge on any atom is -0.393 e. The topological polar surface area (TPSA) is 91.3 Å². The van der Waals surface area contributed by atoms with E-state index in [-0.39, 0.29) is 30.1 Å². The number of hydrogen-bond donors (Lipinski definition) is 1. The van der Waals surface area contributed by atoms with Crippen molar-refractivity contribution < 1.29 is 13.7 Å². The minimum absolute atomic E-state index is 0.0307. The Morgan fingerprint density at radius 3 is 2.43 bits per heavy atom. The molecule has 0 spiro atoms. The molecule has 0 atom stereocenters. The molecule has 3 fully saturated rings. The van der Waals surface area contributed by atoms with Crippen LogP contribution in [0.5, 0.6) is 0 Å². The summed E-state index contributed by atoms with van der Waals surface area (Å²) in [6.07, 6.45) is 4.60. The largest absolute Gasteiger partial charge is 0.393 e. The SMILES string of the molecule is [C-]#[N+]c1c(-c2ccc(CC(=O)Cc3cc(C45CCC(F)(CC4)CC5)no3)cc2)nn(C(C)C)c1N. The number of nitrogens with two attached hydrogens (primary N) is 1. The Balaban J connectivity index is 1.24. The van der Waals surface area contributed by atoms with Gasteiger partial charge in [0.25, 0.3) is 5.69 Å². The van der Waals surface area contributed by atoms with Gasteiger partial charge < -0.3 is 10.3 Å². The Kier molecular flexibility index (Phi) is 5.74. The predicted molar refractivity (Wildman–Crippen MR) is 131 cm³/mol. The highest BCUT2D eigenvalue weighted by Gasteiger charge is 2.51. The number of carbonyl (C=O) groups is 1. The number of ketones is 1. The lowest BCUT2D eigenvalue weighted by atomic mass is 9.58. The molecule has 0 radical (unpaired) electrons. The second kappa shape index (κ2) is 8.63. The van der Waals surface area contributed by atoms with Crippen LogP contribution in [0.2, 0.25) is 0 Å². The smallest absolute Gasteiger partial charge is 0.254 e. The van der Waals surface area contributed by atoms with Gasteiger partial charge in [0.1, 0.15) is 28.7 Å². The van der Waals surface area contributed by atoms with Crippen molar-refractivity contribution in [2.75, 3.05) is 5.73 Å². The van der Waals surface area contributed by atoms with E-state index in [1.807, 2.05) is 44.2 Å². The van der Waals surface area contributed by atoms with Gasteiger partial charge in [0.2, 0.25) is 0 Å². The molecular weight excluding hydrogens is 445 g/mol. The Morgan fingerprint density at radius 1 is 1.17 bits per heavy atom. The van der Waals surface area contributed by atoms with Gasteiger partial charge in [-0.1, -0.05) is 29.4 Å². The number of nitrogens with zero attached hydrogens (tertiary/aromatic N) is 4. The van der Waals surface area contributed by atoms with Crippen molar-refractivity contribution in [3.8, 4) is 11.3 Å². The summed E-state index contributed by atoms with van der Waals surface area (Å²) in [6, 6.07) is 9.44. The molecule has 0 amide bonds. The quantitative estimate of drug-likeness (QED) is 0.428. The summed E-state index contributed by atoms with van der Waals surface area (Å²) in [5, 5.41) is 8.81. The van der Waals surface area contributed by atoms with E-state index in [0.29, 0.717) is 42.2 Å². The summed E-state index contributed by atoms with van der Waals surface area (Å²) in [6.45, 7) is 11.4. The number of alkyl halides is 1. The van der Waals surface area contributed by atoms with Crippen LogP contribution in [0.25, 0.3) is 16.1 Å². The van der Waals surface area contributed by atoms with Crippen molar-refractivity contribution in [3.05, 3.63) is 58.8 Å². The number of Topliss-reactive ketones (excluding diaryl/α,β-unsaturated/α-hetero) is 1. The van der Waals surface area contributed by atoms with Gasteiger partial charge in [-0.15, -0.1) is 0 Å². The van der Waals surface area contributed by atoms with Gasteiger partial charge in [0.15, 0.2) is 0 Å². The number of aromatic nitrogens is 3. The van der Waals surface area contributed by atoms with Crippen molar-refractivity contribution in [2.45, 2.75) is 82.3 Å². The number of nitrogen functional groups attached to an aromatic ring is 1. The zero-order chi connectivity index (χ0) is 24.8. The molecule has 2 bridgehead atoms. The first-order chi connectivity index (χ1) is 16.7. The van der Waals surface area contributed by atoms with Crippen molar-refractivity contribution in [1.29, 1.82) is 0 Å². The maximum Gasteiger partial charge on any atom is 0.254 e. The molecule has 8 heteroatoms. The van der Waals surface area contributed by atoms with Crippen LogP contribution in [0, 0.1) is 6.57 Å². The maximum absolute atomic E-state index is 14.5. The van der Waals surface area contributed by atoms with E-state index in [1.54, 1.807) is 4.68 Å². The van der Waals surface area contributed by atoms with Crippen molar-refractivity contribution in [3.63, 3.8) is 0 Å². The highest BCUT2D eigenvalue weighted by Crippen LogP contribution is 2.54. The average Bonchev–Trinajstić information content (AvgIpc) is 3.45. The van der Waals surface area contributed by atoms with Gasteiger partial charge >= 0.3 is 0 Å². The summed E-state index contributed by atoms with van der Waals surface area (Å²) in [5.74, 6) is 0.957. The zero-order valence-electron chi connectivity index (χ0n) is 20.2. The van der Waals surface area contributed by atoms with Crippen LogP contribution < -0.4 is 5.73 Å². The number of halogens is 1. The molecule has 3 aliphatic rings. The van der Waals surface area contributed by atoms with Gasteiger partial charge in [0, 0.05) is 23.9 Å². The Hall–Kier alpha value is -3.47. The molecule has 35 heavy (non-hydrogen) atoms. The molecule has 2 heterocycles. The standard InChI is InChI=1S/C27H30FN5O2/c1-17(2)33-25(29)24(30-3)23(31-33)19-6-4-18(5-7-19)14-20(34)15-21-16-22(32-35-21)26-8-11-27(28,12-9-26)13-10-26/h4-7,16-17H,8-15,29H2,1-2H3. The molecule has 0 unspecified atom stereocenters. The number of rotatable bonds is 7. The Bertz CT molecular complexity index is 1270. The van der Waals surface area contributed by atoms with Gasteiger partial charge in [-0.05, 0) is 63.5 Å². The molecule has 3 saturated carbocycles. The second-order valence-corrected chi connectivity index (χ2v) is 10.4. The predicted octanol–water partition coefficient (Wildman–Crippen LogP) is 5.92. The van der Waals surface area contributed by atoms with Crippen molar-refractivity contribution >= 4 is 17.3 Å². The van der Waals surface area contributed by atoms with E-state index in [9.17, 15) is 9.18 Å². The molecule has 7 nitrogen and oxygen atoms in total. The lowest BCUT2D eigenvalue weighted by Crippen LogP contribution is -2.45. The van der Waals surface area contributed by atoms with Gasteiger partial charge in [-0.25, -0.2) is 9.24 Å². The minimum atomic E-state index is -0.988. The molecule has 182 valence electrons. The van der Waals surface area contributed by atoms with Crippen molar-refractivity contribution in [1.82, 2.24) is 14.9 Å². The maximum atomic E-state index is 14.5. The van der Waals surface area contributed by atoms with Crippen LogP contribution in [0.1, 0.15) is 75.4 Å². The molecule has 6 rings (SSSR count). The van der Waals surface area contributed by atoms with Gasteiger partial charge in [-0.3, -0.25) is 9.48 Å². The fraction of sp³-hybridized carbons (Fsp3) is 0.481. The van der Waals surface area contributed by atoms with Crippen LogP contribution in [0.3, 0.4) is 0 Å². The summed E-state index contributed by atoms with van der Waals surface area (Å²) in [5.41, 5.74) is 8.46. The lowest BCUT2D eigenvalue weighted by molar-refractivity contribution is -0.118. The summed E-state index contributed by atoms with van der Waals surface area (Å²) < 4.78 is 21.7. The normalized spacial score (nSPS) is 23.5. The summed E-state index contributed by atoms with van der Waals surface area (Å²) >= 11 is 0. The van der Waals surface area contributed by atoms with E-state index in [4.69, 9.17) is 16.8 Å². The fourth-order valence-electron chi connectivity index (χ4n) is 5.57. The Labute approximate surface area is 204 Å². The first-order valence-electron chi connectivity index (χ1n) is 12.2. The number of hydrogen-bond acceptors (Lipinski definition) is 5. The third kappa shape index (κ3) is 4.24. The highest BCUT2D eigenvalue weighted by atomic mass is 19.1. The molecule has 2 N–H and O–H groups in total. The molecular formula is C27H30FN5O2. The van der Waals surface area contributed by atoms with E-state index in [0.717, 1.165) is 36.1 Å². The van der Waals surface area contributed by atoms with Crippen LogP contribution in [0.15, 0.2) is 34.9 Å². The number of fused-ring (bicyclic) bond motifs is 3. The van der Waals surface area contributed by atoms with Gasteiger partial charge in [-0.2, -0.15) is 5.10 Å². The van der Waals surface area contributed by atoms with E-state index < -0.39 is 5.67 Å². The third-order valence-corrected chi connectivity index (χ3v) is 7.78. The molecule has 3 aromatic rings. The first-order valence-corrected chi connectivity index (χ1v) is 12.2. The number of carbonyl (C=O) groups excluding carboxylic acids is 1. The number of anilines is 1. The summed E-state index contributed by atoms with van der Waals surface area (Å²) in [7, 11) is 0. The van der Waals surface area contributed by atoms with Crippen LogP contribution in [-0.2, 0) is 23.1 Å². The molecule has 1 aromatic carbocycles. The van der Waals surface area contributed by atoms with Crippen molar-refractivity contribution in [2.24, 2.45) is 0 Å². The zero-order valence-corrected chi connectivity index (χ0v) is 20.2. The average molecular weight is 476 g/mol. The van der Waals surface area contributed by atoms with E-state index in [2.05, 4.69) is 15.1 Å². The second-order valence-electron chi connectivity index (χ2n) is 10.4. The monoisotopic (exact) mass is 475 g/mol. The van der Waals surface area contributed by atoms with Crippen LogP contribution >= 0.6 is 0 Å². The van der Waals surface area contributed by atoms with Gasteiger partial charge in [0.05, 0.1) is 18.7 Å². The fourth-order valence-corrected chi connectivity index (χ4v) is 5.57. The Morgan fingerprint density at radius 2 is 1.83 bits per heavy atom. The lowest BCUT2D eigenvalue weighted by Gasteiger charge is -2.48. The molecule has 0 aliphatic heterocycles. The summed E-state index contributed by atoms with van der Waals surface area (Å²) in [4.78, 5) is 16.3. The van der Waals surface area contributed by atoms with Crippen LogP contribution in [-0.4, -0.2) is 26.4 Å². The third-order valence-electron chi connectivity index (χ3n) is 7.78. The van der Waals surface area contributed by atoms with Crippen LogP contribution in [0.4, 0.5) is 15.9 Å². The van der Waals surface area contributed by atoms with E-state index in [1.165, 1.54) is 0 Å². The molecule has 3 aliphatic carbocycles. The van der Waals surface area contributed by atoms with E-state index >= 15 is 0 Å². The first kappa shape index (κ1) is 23.3. The molecule has 0 saturated heterocycles. The highest BCUT2D eigenvalue weighted by molar-refractivity contribution is 5.84.